The molecule has 6 aromatic heterocycles. The van der Waals surface area contributed by atoms with Crippen LogP contribution in [-0.4, -0.2) is 199 Å². The molecule has 0 bridgehead atoms. The Balaban J connectivity index is 0.000000134. The minimum Gasteiger partial charge on any atom is -0.454 e. The SMILES string of the molecule is CN1CCN(c2ccc3cc(C=O)ccc3c2)CC1.Cc1cc2c(cc1Sc1nc3c(N)ncnc3n1CCCN)OCO2.Cc1cc2c(cc1Sc1nc3c(N)ncnc3n1CCCNC(=O)/C(C#N)=C/c1ccc3cc(N4CCN(C)CC4)ccc3c1)OCO2.[C-]#[N+]CC(=O)NCCCn1c(Sc2cc3c(cc2C)OCO3)nc2c(N)ncnc21. The Bertz CT molecular complexity index is 6210. The summed E-state index contributed by atoms with van der Waals surface area (Å²) >= 11 is 4.50. The molecule has 0 spiro atoms. The predicted molar refractivity (Wildman–Crippen MR) is 470 cm³/mol. The van der Waals surface area contributed by atoms with Gasteiger partial charge in [0.1, 0.15) is 36.9 Å². The number of aryl methyl sites for hydroxylation is 6. The lowest BCUT2D eigenvalue weighted by Gasteiger charge is -2.34. The maximum Gasteiger partial charge on any atom is 0.300 e. The average Bonchev–Trinajstić information content (AvgIpc) is 1.65. The second kappa shape index (κ2) is 38.4. The Labute approximate surface area is 715 Å². The molecule has 2 amide bonds. The normalized spacial score (nSPS) is 14.1. The van der Waals surface area contributed by atoms with E-state index in [9.17, 15) is 19.6 Å². The predicted octanol–water partition coefficient (Wildman–Crippen LogP) is 11.0. The van der Waals surface area contributed by atoms with Crippen molar-refractivity contribution in [3.63, 3.8) is 0 Å². The number of aldehydes is 1. The molecule has 33 nitrogen and oxygen atoms in total. The zero-order valence-corrected chi connectivity index (χ0v) is 70.3. The third-order valence-corrected chi connectivity index (χ3v) is 24.4. The summed E-state index contributed by atoms with van der Waals surface area (Å²) in [5.41, 5.74) is 34.6. The molecule has 0 aliphatic carbocycles. The fourth-order valence-corrected chi connectivity index (χ4v) is 17.2. The van der Waals surface area contributed by atoms with E-state index in [2.05, 4.69) is 132 Å². The number of amides is 2. The molecule has 7 aromatic carbocycles. The first-order chi connectivity index (χ1) is 59.3. The highest BCUT2D eigenvalue weighted by Crippen LogP contribution is 2.45. The van der Waals surface area contributed by atoms with Crippen LogP contribution in [0.3, 0.4) is 0 Å². The molecule has 0 radical (unpaired) electrons. The van der Waals surface area contributed by atoms with Gasteiger partial charge in [0.25, 0.3) is 18.4 Å². The number of carbonyl (C=O) groups excluding carboxylic acids is 3. The Morgan fingerprint density at radius 3 is 1.26 bits per heavy atom. The van der Waals surface area contributed by atoms with Crippen LogP contribution in [0.4, 0.5) is 28.8 Å². The smallest absolute Gasteiger partial charge is 0.300 e. The van der Waals surface area contributed by atoms with Crippen LogP contribution in [0.2, 0.25) is 0 Å². The maximum absolute atomic E-state index is 13.0. The number of aromatic nitrogens is 12. The van der Waals surface area contributed by atoms with Gasteiger partial charge in [-0.25, -0.2) is 51.4 Å². The summed E-state index contributed by atoms with van der Waals surface area (Å²) in [6, 6.07) is 38.6. The largest absolute Gasteiger partial charge is 0.454 e. The van der Waals surface area contributed by atoms with Crippen molar-refractivity contribution in [3.8, 4) is 40.6 Å². The summed E-state index contributed by atoms with van der Waals surface area (Å²) in [5.74, 6) is 4.65. The summed E-state index contributed by atoms with van der Waals surface area (Å²) in [6.07, 6.45) is 8.85. The molecule has 11 heterocycles. The van der Waals surface area contributed by atoms with Gasteiger partial charge in [0.05, 0.1) is 0 Å². The lowest BCUT2D eigenvalue weighted by atomic mass is 10.0. The van der Waals surface area contributed by atoms with Crippen molar-refractivity contribution in [2.24, 2.45) is 5.73 Å². The molecule has 2 saturated heterocycles. The van der Waals surface area contributed by atoms with Gasteiger partial charge in [-0.2, -0.15) is 5.26 Å². The zero-order chi connectivity index (χ0) is 84.9. The number of imidazole rings is 3. The van der Waals surface area contributed by atoms with Crippen LogP contribution >= 0.6 is 35.3 Å². The molecule has 626 valence electrons. The number of ether oxygens (including phenoxy) is 6. The number of nitrogens with zero attached hydrogens (tertiary/aromatic N) is 18. The van der Waals surface area contributed by atoms with Crippen molar-refractivity contribution in [2.45, 2.75) is 89.8 Å². The number of likely N-dealkylation sites (N-methyl/N-ethyl adjacent to an activating group) is 2. The fraction of sp³-hybridized carbons (Fsp3) is 0.302. The van der Waals surface area contributed by atoms with Crippen LogP contribution < -0.4 is 71.8 Å². The number of nitrogen functional groups attached to an aromatic ring is 3. The standard InChI is InChI=1S/C35H35N9O3S.C19H19N7O3S.C16H18N6O2S.C16H18N2O/c1-22-14-28-29(47-21-46-28)18-30(22)48-35-41-31-32(37)39-20-40-33(31)44(35)9-3-8-38-34(45)26(19-36)16-23-4-5-25-17-27(7-6-24(25)15-23)43-12-10-42(2)11-13-43;1-11-6-12-13(29-10-28-12)7-14(11)30-19-25-16-17(20)23-9-24-18(16)26(19)5-3-4-22-15(27)8-21-2;1-9-5-10-11(24-8-23-10)6-12(9)25-16-21-13-14(18)19-7-20-15(13)22(16)4-2-3-17;1-17-6-8-18(9-7-17)16-5-4-14-10-13(12-19)2-3-15(14)11-16/h4-7,14-18,20H,3,8-13,21H2,1-2H3,(H,38,45)(H2,37,39,40);6-7,9H,3-5,8,10H2,1H3,(H,22,27)(H2,20,23,24);5-7H,2-4,8,17H2,1H3,(H2,18,19,20);2-5,10-12H,6-9H2,1H3/b26-16+;;;. The quantitative estimate of drug-likeness (QED) is 0.0114. The van der Waals surface area contributed by atoms with Crippen molar-refractivity contribution < 1.29 is 42.8 Å². The fourth-order valence-electron chi connectivity index (χ4n) is 14.2. The Kier molecular flexibility index (Phi) is 26.4. The molecule has 18 rings (SSSR count). The topological polar surface area (TPSA) is 407 Å². The number of rotatable bonds is 23. The second-order valence-electron chi connectivity index (χ2n) is 29.4. The highest BCUT2D eigenvalue weighted by atomic mass is 32.2. The Morgan fingerprint density at radius 1 is 0.500 bits per heavy atom. The summed E-state index contributed by atoms with van der Waals surface area (Å²) in [4.78, 5) is 90.3. The number of piperazine rings is 2. The van der Waals surface area contributed by atoms with Gasteiger partial charge in [0.2, 0.25) is 20.4 Å². The molecule has 0 unspecified atom stereocenters. The van der Waals surface area contributed by atoms with Crippen LogP contribution in [0.1, 0.15) is 51.9 Å². The van der Waals surface area contributed by atoms with E-state index in [-0.39, 0.29) is 38.4 Å². The number of hydrogen-bond acceptors (Lipinski definition) is 30. The number of carbonyl (C=O) groups is 3. The van der Waals surface area contributed by atoms with E-state index in [1.54, 1.807) is 17.8 Å². The number of benzene rings is 7. The molecule has 0 saturated carbocycles. The molecule has 5 aliphatic heterocycles. The van der Waals surface area contributed by atoms with Gasteiger partial charge in [-0.15, -0.1) is 0 Å². The van der Waals surface area contributed by atoms with E-state index >= 15 is 0 Å². The minimum atomic E-state index is -0.421. The van der Waals surface area contributed by atoms with Crippen LogP contribution in [0.5, 0.6) is 34.5 Å². The molecule has 13 aromatic rings. The Hall–Kier alpha value is -13.2. The number of nitriles is 1. The number of anilines is 5. The second-order valence-corrected chi connectivity index (χ2v) is 32.4. The van der Waals surface area contributed by atoms with E-state index in [1.807, 2.05) is 107 Å². The number of nitrogens with one attached hydrogen (secondary N) is 2. The Morgan fingerprint density at radius 2 is 0.869 bits per heavy atom. The van der Waals surface area contributed by atoms with Crippen LogP contribution in [0, 0.1) is 38.7 Å². The van der Waals surface area contributed by atoms with Crippen molar-refractivity contribution in [1.29, 1.82) is 5.26 Å². The first-order valence-corrected chi connectivity index (χ1v) is 42.0. The van der Waals surface area contributed by atoms with Gasteiger partial charge in [0, 0.05) is 117 Å². The van der Waals surface area contributed by atoms with Gasteiger partial charge in [-0.1, -0.05) is 71.7 Å². The summed E-state index contributed by atoms with van der Waals surface area (Å²) in [6.45, 7) is 24.9. The van der Waals surface area contributed by atoms with E-state index in [0.717, 1.165) is 164 Å². The molecule has 36 heteroatoms. The van der Waals surface area contributed by atoms with Gasteiger partial charge in [0.15, 0.2) is 101 Å². The first kappa shape index (κ1) is 83.8. The molecule has 5 aliphatic rings. The van der Waals surface area contributed by atoms with Crippen LogP contribution in [-0.2, 0) is 29.2 Å². The van der Waals surface area contributed by atoms with Crippen molar-refractivity contribution in [1.82, 2.24) is 79.0 Å². The monoisotopic (exact) mass is 1700 g/mol. The molecular weight excluding hydrogens is 1610 g/mol. The summed E-state index contributed by atoms with van der Waals surface area (Å²) < 4.78 is 38.9. The number of hydrogen-bond donors (Lipinski definition) is 6. The minimum absolute atomic E-state index is 0.0477. The van der Waals surface area contributed by atoms with E-state index in [4.69, 9.17) is 62.9 Å². The third kappa shape index (κ3) is 19.5. The highest BCUT2D eigenvalue weighted by Gasteiger charge is 2.26. The zero-order valence-electron chi connectivity index (χ0n) is 67.9. The van der Waals surface area contributed by atoms with E-state index in [1.165, 1.54) is 59.3 Å². The average molecular weight is 1700 g/mol. The van der Waals surface area contributed by atoms with Crippen molar-refractivity contribution >= 4 is 143 Å². The highest BCUT2D eigenvalue weighted by molar-refractivity contribution is 7.99. The molecular formula is C86H90N24O9S3. The molecule has 2 fully saturated rings. The number of nitrogens with two attached hydrogens (primary N) is 4. The van der Waals surface area contributed by atoms with Gasteiger partial charge in [-0.05, 0) is 183 Å². The molecule has 122 heavy (non-hydrogen) atoms. The van der Waals surface area contributed by atoms with Gasteiger partial charge >= 0.3 is 0 Å². The van der Waals surface area contributed by atoms with Gasteiger partial charge < -0.3 is 100 Å². The van der Waals surface area contributed by atoms with E-state index < -0.39 is 5.91 Å². The molecule has 10 N–H and O–H groups in total. The summed E-state index contributed by atoms with van der Waals surface area (Å²) in [7, 11) is 4.32. The lowest BCUT2D eigenvalue weighted by Crippen LogP contribution is -2.44. The number of fused-ring (bicyclic) bond motifs is 8. The first-order valence-electron chi connectivity index (χ1n) is 39.6. The summed E-state index contributed by atoms with van der Waals surface area (Å²) in [5, 5.41) is 22.2. The van der Waals surface area contributed by atoms with Crippen molar-refractivity contribution in [2.75, 3.05) is 140 Å². The van der Waals surface area contributed by atoms with E-state index in [0.29, 0.717) is 113 Å². The van der Waals surface area contributed by atoms with Crippen LogP contribution in [0.25, 0.3) is 66.0 Å². The van der Waals surface area contributed by atoms with Crippen LogP contribution in [0.15, 0.2) is 164 Å². The maximum atomic E-state index is 13.0. The lowest BCUT2D eigenvalue weighted by molar-refractivity contribution is -0.119. The third-order valence-electron chi connectivity index (χ3n) is 21.0. The van der Waals surface area contributed by atoms with Gasteiger partial charge in [-0.3, -0.25) is 14.4 Å². The molecule has 0 atom stereocenters. The van der Waals surface area contributed by atoms with Crippen molar-refractivity contribution in [3.05, 3.63) is 173 Å².